The van der Waals surface area contributed by atoms with E-state index < -0.39 is 5.97 Å². The molecule has 0 aliphatic heterocycles. The second kappa shape index (κ2) is 5.89. The summed E-state index contributed by atoms with van der Waals surface area (Å²) in [4.78, 5) is 11.3. The van der Waals surface area contributed by atoms with Crippen molar-refractivity contribution in [1.29, 1.82) is 0 Å². The quantitative estimate of drug-likeness (QED) is 0.770. The maximum absolute atomic E-state index is 11.3. The first-order chi connectivity index (χ1) is 11.0. The van der Waals surface area contributed by atoms with Crippen molar-refractivity contribution in [3.05, 3.63) is 70.4 Å². The van der Waals surface area contributed by atoms with Crippen LogP contribution in [0.3, 0.4) is 0 Å². The van der Waals surface area contributed by atoms with Crippen LogP contribution in [0.1, 0.15) is 21.6 Å². The molecule has 0 bridgehead atoms. The van der Waals surface area contributed by atoms with E-state index in [1.807, 2.05) is 50.2 Å². The summed E-state index contributed by atoms with van der Waals surface area (Å²) in [6.07, 6.45) is 0. The van der Waals surface area contributed by atoms with Gasteiger partial charge in [-0.1, -0.05) is 29.8 Å². The van der Waals surface area contributed by atoms with E-state index in [2.05, 4.69) is 5.10 Å². The van der Waals surface area contributed by atoms with Gasteiger partial charge in [-0.15, -0.1) is 0 Å². The van der Waals surface area contributed by atoms with Gasteiger partial charge >= 0.3 is 5.97 Å². The molecule has 0 saturated carbocycles. The number of hydrogen-bond acceptors (Lipinski definition) is 2. The highest BCUT2D eigenvalue weighted by Gasteiger charge is 2.16. The smallest absolute Gasteiger partial charge is 0.356 e. The van der Waals surface area contributed by atoms with E-state index in [1.54, 1.807) is 16.8 Å². The Balaban J connectivity index is 2.22. The molecule has 0 aliphatic rings. The van der Waals surface area contributed by atoms with E-state index in [0.29, 0.717) is 10.7 Å². The molecule has 116 valence electrons. The van der Waals surface area contributed by atoms with Crippen LogP contribution in [-0.2, 0) is 0 Å². The lowest BCUT2D eigenvalue weighted by Gasteiger charge is -2.09. The van der Waals surface area contributed by atoms with E-state index in [0.717, 1.165) is 22.4 Å². The van der Waals surface area contributed by atoms with Gasteiger partial charge in [0.25, 0.3) is 0 Å². The third-order valence-electron chi connectivity index (χ3n) is 3.63. The van der Waals surface area contributed by atoms with Gasteiger partial charge in [-0.25, -0.2) is 9.48 Å². The van der Waals surface area contributed by atoms with E-state index in [9.17, 15) is 9.90 Å². The zero-order valence-electron chi connectivity index (χ0n) is 12.7. The molecule has 4 nitrogen and oxygen atoms in total. The number of carboxylic acid groups (broad SMARTS) is 1. The van der Waals surface area contributed by atoms with Gasteiger partial charge in [0.05, 0.1) is 11.4 Å². The molecule has 3 rings (SSSR count). The number of aromatic carboxylic acids is 1. The van der Waals surface area contributed by atoms with Crippen LogP contribution in [0.25, 0.3) is 16.9 Å². The van der Waals surface area contributed by atoms with Crippen LogP contribution in [0, 0.1) is 13.8 Å². The van der Waals surface area contributed by atoms with Crippen molar-refractivity contribution in [3.8, 4) is 16.9 Å². The van der Waals surface area contributed by atoms with Gasteiger partial charge in [-0.3, -0.25) is 0 Å². The van der Waals surface area contributed by atoms with Crippen molar-refractivity contribution in [3.63, 3.8) is 0 Å². The van der Waals surface area contributed by atoms with Crippen LogP contribution in [-0.4, -0.2) is 20.9 Å². The number of hydrogen-bond donors (Lipinski definition) is 1. The molecular weight excluding hydrogens is 312 g/mol. The molecule has 3 aromatic rings. The summed E-state index contributed by atoms with van der Waals surface area (Å²) in [6, 6.07) is 14.9. The second-order valence-corrected chi connectivity index (χ2v) is 5.84. The molecule has 0 atom stereocenters. The monoisotopic (exact) mass is 326 g/mol. The van der Waals surface area contributed by atoms with E-state index >= 15 is 0 Å². The number of nitrogens with zero attached hydrogens (tertiary/aromatic N) is 2. The van der Waals surface area contributed by atoms with Crippen LogP contribution >= 0.6 is 11.6 Å². The summed E-state index contributed by atoms with van der Waals surface area (Å²) >= 11 is 6.08. The minimum atomic E-state index is -1.05. The molecule has 1 N–H and O–H groups in total. The maximum Gasteiger partial charge on any atom is 0.356 e. The summed E-state index contributed by atoms with van der Waals surface area (Å²) in [5.74, 6) is -1.05. The van der Waals surface area contributed by atoms with Gasteiger partial charge in [0.15, 0.2) is 5.69 Å². The standard InChI is InChI=1S/C18H15ClN2O2/c1-11-4-3-5-14(8-11)21-17(10-16(20-21)18(22)23)13-6-7-15(19)12(2)9-13/h3-10H,1-2H3,(H,22,23). The molecule has 0 amide bonds. The van der Waals surface area contributed by atoms with Gasteiger partial charge in [0.1, 0.15) is 0 Å². The number of benzene rings is 2. The van der Waals surface area contributed by atoms with Crippen molar-refractivity contribution >= 4 is 17.6 Å². The second-order valence-electron chi connectivity index (χ2n) is 5.43. The first-order valence-electron chi connectivity index (χ1n) is 7.12. The maximum atomic E-state index is 11.3. The third kappa shape index (κ3) is 2.98. The average Bonchev–Trinajstić information content (AvgIpc) is 2.95. The largest absolute Gasteiger partial charge is 0.476 e. The summed E-state index contributed by atoms with van der Waals surface area (Å²) in [6.45, 7) is 3.90. The van der Waals surface area contributed by atoms with Crippen molar-refractivity contribution in [2.24, 2.45) is 0 Å². The summed E-state index contributed by atoms with van der Waals surface area (Å²) in [5.41, 5.74) is 4.42. The molecular formula is C18H15ClN2O2. The van der Waals surface area contributed by atoms with Gasteiger partial charge in [-0.05, 0) is 55.3 Å². The Hall–Kier alpha value is -2.59. The normalized spacial score (nSPS) is 10.7. The molecule has 2 aromatic carbocycles. The van der Waals surface area contributed by atoms with Crippen LogP contribution in [0.15, 0.2) is 48.5 Å². The summed E-state index contributed by atoms with van der Waals surface area (Å²) in [5, 5.41) is 14.2. The molecule has 0 aliphatic carbocycles. The highest BCUT2D eigenvalue weighted by molar-refractivity contribution is 6.31. The van der Waals surface area contributed by atoms with Crippen molar-refractivity contribution in [1.82, 2.24) is 9.78 Å². The fraction of sp³-hybridized carbons (Fsp3) is 0.111. The first-order valence-corrected chi connectivity index (χ1v) is 7.50. The fourth-order valence-electron chi connectivity index (χ4n) is 2.45. The predicted octanol–water partition coefficient (Wildman–Crippen LogP) is 4.51. The average molecular weight is 327 g/mol. The zero-order chi connectivity index (χ0) is 16.6. The fourth-order valence-corrected chi connectivity index (χ4v) is 2.57. The molecule has 0 radical (unpaired) electrons. The van der Waals surface area contributed by atoms with E-state index in [1.165, 1.54) is 0 Å². The van der Waals surface area contributed by atoms with Crippen molar-refractivity contribution in [2.75, 3.05) is 0 Å². The van der Waals surface area contributed by atoms with Gasteiger partial charge in [-0.2, -0.15) is 5.10 Å². The Kier molecular flexibility index (Phi) is 3.92. The minimum absolute atomic E-state index is 0.00843. The highest BCUT2D eigenvalue weighted by atomic mass is 35.5. The minimum Gasteiger partial charge on any atom is -0.476 e. The SMILES string of the molecule is Cc1cccc(-n2nc(C(=O)O)cc2-c2ccc(Cl)c(C)c2)c1. The van der Waals surface area contributed by atoms with Crippen molar-refractivity contribution < 1.29 is 9.90 Å². The molecule has 23 heavy (non-hydrogen) atoms. The van der Waals surface area contributed by atoms with Gasteiger partial charge in [0, 0.05) is 10.6 Å². The number of aryl methyl sites for hydroxylation is 2. The van der Waals surface area contributed by atoms with Crippen molar-refractivity contribution in [2.45, 2.75) is 13.8 Å². The topological polar surface area (TPSA) is 55.1 Å². The Labute approximate surface area is 139 Å². The number of carbonyl (C=O) groups is 1. The molecule has 5 heteroatoms. The lowest BCUT2D eigenvalue weighted by atomic mass is 10.1. The lowest BCUT2D eigenvalue weighted by Crippen LogP contribution is -2.02. The summed E-state index contributed by atoms with van der Waals surface area (Å²) in [7, 11) is 0. The van der Waals surface area contributed by atoms with Gasteiger partial charge in [0.2, 0.25) is 0 Å². The van der Waals surface area contributed by atoms with E-state index in [-0.39, 0.29) is 5.69 Å². The first kappa shape index (κ1) is 15.3. The molecule has 0 saturated heterocycles. The zero-order valence-corrected chi connectivity index (χ0v) is 13.5. The molecule has 0 fully saturated rings. The van der Waals surface area contributed by atoms with Crippen LogP contribution < -0.4 is 0 Å². The number of aromatic nitrogens is 2. The molecule has 1 heterocycles. The molecule has 1 aromatic heterocycles. The number of carboxylic acids is 1. The van der Waals surface area contributed by atoms with Crippen LogP contribution in [0.5, 0.6) is 0 Å². The summed E-state index contributed by atoms with van der Waals surface area (Å²) < 4.78 is 1.65. The Bertz CT molecular complexity index is 900. The third-order valence-corrected chi connectivity index (χ3v) is 4.05. The Morgan fingerprint density at radius 2 is 1.91 bits per heavy atom. The Morgan fingerprint density at radius 3 is 2.57 bits per heavy atom. The van der Waals surface area contributed by atoms with Gasteiger partial charge < -0.3 is 5.11 Å². The number of rotatable bonds is 3. The van der Waals surface area contributed by atoms with Crippen LogP contribution in [0.4, 0.5) is 0 Å². The molecule has 0 unspecified atom stereocenters. The van der Waals surface area contributed by atoms with Crippen LogP contribution in [0.2, 0.25) is 5.02 Å². The molecule has 0 spiro atoms. The Morgan fingerprint density at radius 1 is 1.13 bits per heavy atom. The predicted molar refractivity (Wildman–Crippen MR) is 90.4 cm³/mol. The number of halogens is 1. The van der Waals surface area contributed by atoms with E-state index in [4.69, 9.17) is 11.6 Å². The lowest BCUT2D eigenvalue weighted by molar-refractivity contribution is 0.0690. The highest BCUT2D eigenvalue weighted by Crippen LogP contribution is 2.28.